The summed E-state index contributed by atoms with van der Waals surface area (Å²) in [4.78, 5) is 24.6. The highest BCUT2D eigenvalue weighted by molar-refractivity contribution is 7.93. The van der Waals surface area contributed by atoms with Gasteiger partial charge in [0.1, 0.15) is 11.1 Å². The largest absolute Gasteiger partial charge is 0.478 e. The fraction of sp³-hybridized carbons (Fsp3) is 0.407. The fourth-order valence-corrected chi connectivity index (χ4v) is 4.80. The maximum absolute atomic E-state index is 12.8. The maximum atomic E-state index is 12.8. The number of carboxylic acid groups (broad SMARTS) is 1. The number of carbonyl (C=O) groups excluding carboxylic acids is 1. The lowest BCUT2D eigenvalue weighted by molar-refractivity contribution is 0.0443. The van der Waals surface area contributed by atoms with Gasteiger partial charge < -0.3 is 19.6 Å². The van der Waals surface area contributed by atoms with E-state index in [1.807, 2.05) is 30.3 Å². The molecule has 11 nitrogen and oxygen atoms in total. The molecule has 3 aromatic rings. The van der Waals surface area contributed by atoms with Gasteiger partial charge in [-0.25, -0.2) is 18.0 Å². The smallest absolute Gasteiger partial charge is 0.408 e. The molecule has 3 rings (SSSR count). The van der Waals surface area contributed by atoms with Crippen molar-refractivity contribution < 1.29 is 32.3 Å². The van der Waals surface area contributed by atoms with Crippen molar-refractivity contribution in [2.75, 3.05) is 11.4 Å². The summed E-state index contributed by atoms with van der Waals surface area (Å²) < 4.78 is 38.0. The topological polar surface area (TPSA) is 152 Å². The van der Waals surface area contributed by atoms with Crippen LogP contribution in [0.1, 0.15) is 63.4 Å². The Balaban J connectivity index is 2.07. The first-order valence-corrected chi connectivity index (χ1v) is 13.8. The molecule has 0 aliphatic carbocycles. The van der Waals surface area contributed by atoms with E-state index >= 15 is 0 Å². The summed E-state index contributed by atoms with van der Waals surface area (Å²) >= 11 is 0. The third kappa shape index (κ3) is 7.14. The number of hydrogen-bond acceptors (Lipinski definition) is 8. The number of aromatic carboxylic acids is 1. The molecule has 0 aliphatic rings. The number of aromatic nitrogens is 2. The van der Waals surface area contributed by atoms with Crippen LogP contribution in [0.15, 0.2) is 52.9 Å². The van der Waals surface area contributed by atoms with Crippen molar-refractivity contribution in [1.29, 1.82) is 0 Å². The van der Waals surface area contributed by atoms with Gasteiger partial charge in [-0.2, -0.15) is 0 Å². The Morgan fingerprint density at radius 1 is 1.08 bits per heavy atom. The van der Waals surface area contributed by atoms with Gasteiger partial charge in [0.25, 0.3) is 0 Å². The number of sulfonamides is 1. The Morgan fingerprint density at radius 2 is 1.72 bits per heavy atom. The minimum atomic E-state index is -3.74. The predicted octanol–water partition coefficient (Wildman–Crippen LogP) is 4.59. The molecule has 1 amide bonds. The van der Waals surface area contributed by atoms with E-state index < -0.39 is 38.5 Å². The van der Waals surface area contributed by atoms with Crippen LogP contribution in [-0.2, 0) is 26.7 Å². The van der Waals surface area contributed by atoms with Gasteiger partial charge in [-0.3, -0.25) is 4.31 Å². The number of carboxylic acids is 1. The molecule has 1 unspecified atom stereocenters. The molecule has 2 aromatic carbocycles. The molecule has 0 radical (unpaired) electrons. The van der Waals surface area contributed by atoms with Crippen molar-refractivity contribution in [2.24, 2.45) is 0 Å². The van der Waals surface area contributed by atoms with Crippen molar-refractivity contribution in [3.8, 4) is 11.5 Å². The van der Waals surface area contributed by atoms with Crippen LogP contribution in [0, 0.1) is 0 Å². The van der Waals surface area contributed by atoms with Crippen molar-refractivity contribution in [3.63, 3.8) is 0 Å². The predicted molar refractivity (Wildman–Crippen MR) is 146 cm³/mol. The molecule has 1 atom stereocenters. The molecule has 210 valence electrons. The highest BCUT2D eigenvalue weighted by atomic mass is 32.2. The second-order valence-electron chi connectivity index (χ2n) is 10.7. The third-order valence-corrected chi connectivity index (χ3v) is 7.99. The molecule has 0 saturated carbocycles. The zero-order valence-electron chi connectivity index (χ0n) is 23.0. The van der Waals surface area contributed by atoms with Crippen LogP contribution in [0.3, 0.4) is 0 Å². The van der Waals surface area contributed by atoms with Crippen LogP contribution in [0.4, 0.5) is 10.5 Å². The molecule has 1 aromatic heterocycles. The lowest BCUT2D eigenvalue weighted by atomic mass is 9.92. The Labute approximate surface area is 228 Å². The van der Waals surface area contributed by atoms with Gasteiger partial charge in [-0.1, -0.05) is 30.3 Å². The number of hydrogen-bond donors (Lipinski definition) is 2. The highest BCUT2D eigenvalue weighted by Gasteiger charge is 2.37. The molecule has 0 saturated heterocycles. The maximum Gasteiger partial charge on any atom is 0.408 e. The first kappa shape index (κ1) is 29.6. The molecule has 12 heteroatoms. The van der Waals surface area contributed by atoms with Crippen LogP contribution < -0.4 is 9.62 Å². The number of nitrogens with one attached hydrogen (secondary N) is 1. The first-order chi connectivity index (χ1) is 18.0. The molecular weight excluding hydrogens is 524 g/mol. The molecule has 2 N–H and O–H groups in total. The average molecular weight is 559 g/mol. The number of carbonyl (C=O) groups is 2. The van der Waals surface area contributed by atoms with Crippen molar-refractivity contribution in [2.45, 2.75) is 64.4 Å². The van der Waals surface area contributed by atoms with Gasteiger partial charge in [0.15, 0.2) is 0 Å². The highest BCUT2D eigenvalue weighted by Crippen LogP contribution is 2.31. The Hall–Kier alpha value is -3.93. The number of rotatable bonds is 9. The number of alkyl carbamates (subject to hydrolysis) is 1. The van der Waals surface area contributed by atoms with Crippen LogP contribution >= 0.6 is 0 Å². The van der Waals surface area contributed by atoms with E-state index in [4.69, 9.17) is 9.15 Å². The fourth-order valence-electron chi connectivity index (χ4n) is 3.77. The van der Waals surface area contributed by atoms with E-state index in [9.17, 15) is 23.1 Å². The molecule has 0 spiro atoms. The van der Waals surface area contributed by atoms with E-state index in [-0.39, 0.29) is 35.0 Å². The zero-order valence-corrected chi connectivity index (χ0v) is 23.9. The quantitative estimate of drug-likeness (QED) is 0.384. The summed E-state index contributed by atoms with van der Waals surface area (Å²) in [5, 5.41) is 20.0. The molecule has 1 heterocycles. The Kier molecular flexibility index (Phi) is 8.39. The van der Waals surface area contributed by atoms with Gasteiger partial charge in [0.05, 0.1) is 16.5 Å². The summed E-state index contributed by atoms with van der Waals surface area (Å²) in [6.45, 7) is 10.0. The SMILES string of the molecule is CC(C)S(=O)(=O)N(C)c1cc(C(=O)O)cc(-c2nnc(C(C)(Cc3ccccc3)NC(=O)OC(C)(C)C)o2)c1. The molecule has 0 aliphatic heterocycles. The summed E-state index contributed by atoms with van der Waals surface area (Å²) in [6.07, 6.45) is -0.402. The third-order valence-electron chi connectivity index (χ3n) is 5.83. The summed E-state index contributed by atoms with van der Waals surface area (Å²) in [7, 11) is -2.39. The molecular formula is C27H34N4O7S. The summed E-state index contributed by atoms with van der Waals surface area (Å²) in [5.41, 5.74) is -0.891. The number of nitrogens with zero attached hydrogens (tertiary/aromatic N) is 3. The minimum absolute atomic E-state index is 0.0463. The number of amides is 1. The van der Waals surface area contributed by atoms with E-state index in [1.165, 1.54) is 39.1 Å². The average Bonchev–Trinajstić information content (AvgIpc) is 3.34. The van der Waals surface area contributed by atoms with Crippen LogP contribution in [0.25, 0.3) is 11.5 Å². The Bertz CT molecular complexity index is 1450. The van der Waals surface area contributed by atoms with Gasteiger partial charge in [0.2, 0.25) is 21.8 Å². The monoisotopic (exact) mass is 558 g/mol. The second kappa shape index (κ2) is 11.0. The lowest BCUT2D eigenvalue weighted by Gasteiger charge is -2.29. The normalized spacial score (nSPS) is 13.5. The standard InChI is InChI=1S/C27H34N4O7S/c1-17(2)39(35,36)31(7)21-14-19(13-20(15-21)23(32)33)22-29-30-24(37-22)27(6,16-18-11-9-8-10-12-18)28-25(34)38-26(3,4)5/h8-15,17H,16H2,1-7H3,(H,28,34)(H,32,33). The first-order valence-electron chi connectivity index (χ1n) is 12.3. The zero-order chi connectivity index (χ0) is 29.2. The lowest BCUT2D eigenvalue weighted by Crippen LogP contribution is -2.47. The number of ether oxygens (including phenoxy) is 1. The van der Waals surface area contributed by atoms with Crippen LogP contribution in [0.2, 0.25) is 0 Å². The van der Waals surface area contributed by atoms with Crippen LogP contribution in [0.5, 0.6) is 0 Å². The van der Waals surface area contributed by atoms with E-state index in [0.29, 0.717) is 0 Å². The van der Waals surface area contributed by atoms with E-state index in [2.05, 4.69) is 15.5 Å². The second-order valence-corrected chi connectivity index (χ2v) is 13.2. The summed E-state index contributed by atoms with van der Waals surface area (Å²) in [5.74, 6) is -1.25. The van der Waals surface area contributed by atoms with Gasteiger partial charge in [-0.15, -0.1) is 10.2 Å². The molecule has 0 fully saturated rings. The van der Waals surface area contributed by atoms with Crippen molar-refractivity contribution >= 4 is 27.8 Å². The van der Waals surface area contributed by atoms with E-state index in [1.54, 1.807) is 27.7 Å². The van der Waals surface area contributed by atoms with Crippen molar-refractivity contribution in [3.05, 3.63) is 65.5 Å². The van der Waals surface area contributed by atoms with Gasteiger partial charge in [0, 0.05) is 19.0 Å². The van der Waals surface area contributed by atoms with E-state index in [0.717, 1.165) is 9.87 Å². The molecule has 39 heavy (non-hydrogen) atoms. The van der Waals surface area contributed by atoms with Gasteiger partial charge in [-0.05, 0) is 65.3 Å². The van der Waals surface area contributed by atoms with Gasteiger partial charge >= 0.3 is 12.1 Å². The number of benzene rings is 2. The molecule has 0 bridgehead atoms. The summed E-state index contributed by atoms with van der Waals surface area (Å²) in [6, 6.07) is 13.4. The number of anilines is 1. The minimum Gasteiger partial charge on any atom is -0.478 e. The van der Waals surface area contributed by atoms with Crippen LogP contribution in [-0.4, -0.2) is 53.7 Å². The van der Waals surface area contributed by atoms with Crippen molar-refractivity contribution in [1.82, 2.24) is 15.5 Å². The Morgan fingerprint density at radius 3 is 2.28 bits per heavy atom.